The van der Waals surface area contributed by atoms with Gasteiger partial charge in [0.25, 0.3) is 0 Å². The molecule has 21 heavy (non-hydrogen) atoms. The molecule has 2 aliphatic carbocycles. The van der Waals surface area contributed by atoms with Crippen LogP contribution in [0.1, 0.15) is 19.3 Å². The lowest BCUT2D eigenvalue weighted by atomic mass is 10.4. The van der Waals surface area contributed by atoms with Gasteiger partial charge in [-0.05, 0) is 30.8 Å². The minimum absolute atomic E-state index is 0.183. The Morgan fingerprint density at radius 3 is 3.00 bits per heavy atom. The number of imidazole rings is 1. The van der Waals surface area contributed by atoms with E-state index in [9.17, 15) is 0 Å². The molecule has 1 atom stereocenters. The molecule has 0 spiro atoms. The van der Waals surface area contributed by atoms with Gasteiger partial charge in [-0.15, -0.1) is 0 Å². The maximum atomic E-state index is 9.10. The lowest BCUT2D eigenvalue weighted by molar-refractivity contribution is 0.281. The number of nitrogen functional groups attached to an aromatic ring is 1. The summed E-state index contributed by atoms with van der Waals surface area (Å²) in [4.78, 5) is 12.7. The van der Waals surface area contributed by atoms with Gasteiger partial charge in [0.05, 0.1) is 6.61 Å². The molecule has 110 valence electrons. The van der Waals surface area contributed by atoms with Crippen LogP contribution >= 0.6 is 0 Å². The number of hydrogen-bond donors (Lipinski definition) is 2. The standard InChI is InChI=1S/C14H17N5O2/c15-14-17-12-11(13(18-14)21-6-8-1-2-8)16-7-19(12)4-9-3-10(9)5-20/h4,7-8,10,20H,1-3,5-6H2,(H2,15,17,18)/b9-4-/t10-/m1/s1. The SMILES string of the molecule is Nc1nc(OCC2CC2)c2ncn(/C=C3/C[C@@H]3CO)c2n1. The molecule has 2 aromatic rings. The highest BCUT2D eigenvalue weighted by atomic mass is 16.5. The van der Waals surface area contributed by atoms with E-state index in [1.165, 1.54) is 18.4 Å². The average molecular weight is 287 g/mol. The summed E-state index contributed by atoms with van der Waals surface area (Å²) in [5, 5.41) is 9.10. The molecule has 7 heteroatoms. The molecule has 0 aromatic carbocycles. The van der Waals surface area contributed by atoms with Gasteiger partial charge in [-0.3, -0.25) is 4.57 Å². The quantitative estimate of drug-likeness (QED) is 0.852. The lowest BCUT2D eigenvalue weighted by Crippen LogP contribution is -2.05. The lowest BCUT2D eigenvalue weighted by Gasteiger charge is -2.05. The third kappa shape index (κ3) is 2.44. The van der Waals surface area contributed by atoms with Crippen LogP contribution in [0.15, 0.2) is 11.9 Å². The van der Waals surface area contributed by atoms with Gasteiger partial charge in [0, 0.05) is 18.7 Å². The number of nitrogens with two attached hydrogens (primary N) is 1. The van der Waals surface area contributed by atoms with Crippen LogP contribution in [0.5, 0.6) is 5.88 Å². The summed E-state index contributed by atoms with van der Waals surface area (Å²) in [6, 6.07) is 0. The minimum atomic E-state index is 0.183. The second kappa shape index (κ2) is 4.70. The Morgan fingerprint density at radius 2 is 2.29 bits per heavy atom. The Balaban J connectivity index is 1.68. The monoisotopic (exact) mass is 287 g/mol. The summed E-state index contributed by atoms with van der Waals surface area (Å²) in [7, 11) is 0. The number of fused-ring (bicyclic) bond motifs is 1. The molecule has 0 aliphatic heterocycles. The fraction of sp³-hybridized carbons (Fsp3) is 0.500. The molecule has 2 heterocycles. The molecule has 4 rings (SSSR count). The van der Waals surface area contributed by atoms with Crippen LogP contribution in [0.4, 0.5) is 5.95 Å². The number of aromatic nitrogens is 4. The van der Waals surface area contributed by atoms with E-state index in [-0.39, 0.29) is 18.5 Å². The highest BCUT2D eigenvalue weighted by molar-refractivity contribution is 5.79. The van der Waals surface area contributed by atoms with E-state index in [0.717, 1.165) is 6.42 Å². The number of hydrogen-bond acceptors (Lipinski definition) is 6. The molecule has 2 aliphatic rings. The molecule has 0 radical (unpaired) electrons. The molecule has 2 saturated carbocycles. The van der Waals surface area contributed by atoms with E-state index in [2.05, 4.69) is 15.0 Å². The first-order valence-electron chi connectivity index (χ1n) is 7.19. The Bertz CT molecular complexity index is 719. The van der Waals surface area contributed by atoms with Gasteiger partial charge in [0.1, 0.15) is 6.33 Å². The van der Waals surface area contributed by atoms with Gasteiger partial charge in [-0.2, -0.15) is 9.97 Å². The van der Waals surface area contributed by atoms with Crippen molar-refractivity contribution in [2.24, 2.45) is 11.8 Å². The Morgan fingerprint density at radius 1 is 1.43 bits per heavy atom. The first-order valence-corrected chi connectivity index (χ1v) is 7.19. The van der Waals surface area contributed by atoms with Crippen molar-refractivity contribution in [3.8, 4) is 5.88 Å². The van der Waals surface area contributed by atoms with Crippen molar-refractivity contribution in [1.29, 1.82) is 0 Å². The second-order valence-corrected chi connectivity index (χ2v) is 5.75. The maximum absolute atomic E-state index is 9.10. The fourth-order valence-corrected chi connectivity index (χ4v) is 2.33. The smallest absolute Gasteiger partial charge is 0.247 e. The largest absolute Gasteiger partial charge is 0.476 e. The van der Waals surface area contributed by atoms with Crippen LogP contribution < -0.4 is 10.5 Å². The van der Waals surface area contributed by atoms with Crippen LogP contribution in [0.2, 0.25) is 0 Å². The van der Waals surface area contributed by atoms with Gasteiger partial charge < -0.3 is 15.6 Å². The van der Waals surface area contributed by atoms with Crippen LogP contribution in [-0.2, 0) is 0 Å². The number of aliphatic hydroxyl groups excluding tert-OH is 1. The van der Waals surface area contributed by atoms with Crippen LogP contribution in [-0.4, -0.2) is 37.8 Å². The molecule has 2 fully saturated rings. The van der Waals surface area contributed by atoms with Crippen molar-refractivity contribution < 1.29 is 9.84 Å². The first-order chi connectivity index (χ1) is 10.2. The van der Waals surface area contributed by atoms with Gasteiger partial charge in [-0.1, -0.05) is 0 Å². The van der Waals surface area contributed by atoms with Crippen LogP contribution in [0.3, 0.4) is 0 Å². The number of ether oxygens (including phenoxy) is 1. The zero-order chi connectivity index (χ0) is 14.4. The van der Waals surface area contributed by atoms with E-state index >= 15 is 0 Å². The summed E-state index contributed by atoms with van der Waals surface area (Å²) in [5.41, 5.74) is 8.23. The fourth-order valence-electron chi connectivity index (χ4n) is 2.33. The molecular formula is C14H17N5O2. The number of nitrogens with zero attached hydrogens (tertiary/aromatic N) is 4. The van der Waals surface area contributed by atoms with E-state index in [0.29, 0.717) is 29.6 Å². The average Bonchev–Trinajstić information content (AvgIpc) is 3.37. The molecule has 7 nitrogen and oxygen atoms in total. The number of anilines is 1. The van der Waals surface area contributed by atoms with Crippen LogP contribution in [0, 0.1) is 11.8 Å². The molecule has 0 bridgehead atoms. The topological polar surface area (TPSA) is 99.1 Å². The summed E-state index contributed by atoms with van der Waals surface area (Å²) in [6.07, 6.45) is 6.98. The van der Waals surface area contributed by atoms with Gasteiger partial charge in [-0.25, -0.2) is 4.98 Å². The van der Waals surface area contributed by atoms with Crippen molar-refractivity contribution in [3.63, 3.8) is 0 Å². The zero-order valence-corrected chi connectivity index (χ0v) is 11.6. The van der Waals surface area contributed by atoms with Crippen LogP contribution in [0.25, 0.3) is 17.4 Å². The maximum Gasteiger partial charge on any atom is 0.247 e. The third-order valence-corrected chi connectivity index (χ3v) is 3.93. The highest BCUT2D eigenvalue weighted by Crippen LogP contribution is 2.38. The summed E-state index contributed by atoms with van der Waals surface area (Å²) in [5.74, 6) is 1.54. The predicted molar refractivity (Wildman–Crippen MR) is 77.4 cm³/mol. The summed E-state index contributed by atoms with van der Waals surface area (Å²) < 4.78 is 7.55. The van der Waals surface area contributed by atoms with E-state index in [4.69, 9.17) is 15.6 Å². The Labute approximate surface area is 121 Å². The molecule has 0 saturated heterocycles. The minimum Gasteiger partial charge on any atom is -0.476 e. The van der Waals surface area contributed by atoms with Gasteiger partial charge in [0.2, 0.25) is 11.8 Å². The summed E-state index contributed by atoms with van der Waals surface area (Å²) in [6.45, 7) is 0.845. The first kappa shape index (κ1) is 12.6. The number of aliphatic hydroxyl groups is 1. The zero-order valence-electron chi connectivity index (χ0n) is 11.6. The third-order valence-electron chi connectivity index (χ3n) is 3.93. The van der Waals surface area contributed by atoms with Gasteiger partial charge in [0.15, 0.2) is 11.2 Å². The van der Waals surface area contributed by atoms with Crippen molar-refractivity contribution >= 4 is 23.3 Å². The second-order valence-electron chi connectivity index (χ2n) is 5.75. The van der Waals surface area contributed by atoms with Crippen molar-refractivity contribution in [1.82, 2.24) is 19.5 Å². The van der Waals surface area contributed by atoms with Crippen molar-refractivity contribution in [3.05, 3.63) is 11.9 Å². The van der Waals surface area contributed by atoms with E-state index in [1.807, 2.05) is 10.8 Å². The molecule has 2 aromatic heterocycles. The molecule has 3 N–H and O–H groups in total. The van der Waals surface area contributed by atoms with E-state index in [1.54, 1.807) is 6.33 Å². The normalized spacial score (nSPS) is 22.9. The van der Waals surface area contributed by atoms with Crippen molar-refractivity contribution in [2.75, 3.05) is 18.9 Å². The van der Waals surface area contributed by atoms with E-state index < -0.39 is 0 Å². The highest BCUT2D eigenvalue weighted by Gasteiger charge is 2.29. The Kier molecular flexibility index (Phi) is 2.81. The Hall–Kier alpha value is -2.15. The number of rotatable bonds is 5. The summed E-state index contributed by atoms with van der Waals surface area (Å²) >= 11 is 0. The molecule has 0 unspecified atom stereocenters. The van der Waals surface area contributed by atoms with Crippen molar-refractivity contribution in [2.45, 2.75) is 19.3 Å². The molecular weight excluding hydrogens is 270 g/mol. The predicted octanol–water partition coefficient (Wildman–Crippen LogP) is 1.05. The molecule has 0 amide bonds. The van der Waals surface area contributed by atoms with Gasteiger partial charge >= 0.3 is 0 Å².